The molecule has 0 aromatic heterocycles. The summed E-state index contributed by atoms with van der Waals surface area (Å²) in [5, 5.41) is 8.95. The molecule has 0 aliphatic heterocycles. The molecule has 2 saturated carbocycles. The average Bonchev–Trinajstić information content (AvgIpc) is 2.45. The van der Waals surface area contributed by atoms with Crippen LogP contribution in [0.3, 0.4) is 0 Å². The molecule has 3 atom stereocenters. The smallest absolute Gasteiger partial charge is 0.323 e. The third-order valence-corrected chi connectivity index (χ3v) is 5.02. The Bertz CT molecular complexity index is 356. The maximum Gasteiger partial charge on any atom is 0.323 e. The second-order valence-corrected chi connectivity index (χ2v) is 6.47. The molecule has 2 aliphatic rings. The largest absolute Gasteiger partial charge is 0.480 e. The van der Waals surface area contributed by atoms with Crippen LogP contribution < -0.4 is 0 Å². The first-order valence-electron chi connectivity index (χ1n) is 8.12. The number of rotatable bonds is 5. The SMILES string of the molecule is CCCN(CC(=O)O)C(=O)C1CCC2CCCCC2C1. The predicted octanol–water partition coefficient (Wildman–Crippen LogP) is 2.92. The van der Waals surface area contributed by atoms with E-state index in [2.05, 4.69) is 0 Å². The van der Waals surface area contributed by atoms with Gasteiger partial charge in [-0.05, 0) is 37.5 Å². The number of carboxylic acids is 1. The van der Waals surface area contributed by atoms with Crippen molar-refractivity contribution in [3.05, 3.63) is 0 Å². The molecule has 1 amide bonds. The molecular formula is C16H27NO3. The monoisotopic (exact) mass is 281 g/mol. The van der Waals surface area contributed by atoms with Gasteiger partial charge in [-0.2, -0.15) is 0 Å². The number of carbonyl (C=O) groups excluding carboxylic acids is 1. The molecule has 0 radical (unpaired) electrons. The van der Waals surface area contributed by atoms with Crippen molar-refractivity contribution in [3.8, 4) is 0 Å². The zero-order valence-electron chi connectivity index (χ0n) is 12.5. The summed E-state index contributed by atoms with van der Waals surface area (Å²) in [6.07, 6.45) is 9.17. The second-order valence-electron chi connectivity index (χ2n) is 6.47. The lowest BCUT2D eigenvalue weighted by Crippen LogP contribution is -2.42. The molecule has 2 aliphatic carbocycles. The Morgan fingerprint density at radius 1 is 1.10 bits per heavy atom. The van der Waals surface area contributed by atoms with E-state index in [0.29, 0.717) is 12.5 Å². The van der Waals surface area contributed by atoms with Crippen LogP contribution in [0.1, 0.15) is 58.3 Å². The fraction of sp³-hybridized carbons (Fsp3) is 0.875. The first kappa shape index (κ1) is 15.3. The molecule has 0 aromatic carbocycles. The summed E-state index contributed by atoms with van der Waals surface area (Å²) in [6, 6.07) is 0. The minimum atomic E-state index is -0.904. The number of hydrogen-bond donors (Lipinski definition) is 1. The maximum absolute atomic E-state index is 12.6. The lowest BCUT2D eigenvalue weighted by molar-refractivity contribution is -0.147. The summed E-state index contributed by atoms with van der Waals surface area (Å²) in [5.74, 6) is 0.781. The standard InChI is InChI=1S/C16H27NO3/c1-2-9-17(11-15(18)19)16(20)14-8-7-12-5-3-4-6-13(12)10-14/h12-14H,2-11H2,1H3,(H,18,19). The molecule has 2 fully saturated rings. The molecule has 0 spiro atoms. The Morgan fingerprint density at radius 2 is 1.80 bits per heavy atom. The average molecular weight is 281 g/mol. The lowest BCUT2D eigenvalue weighted by Gasteiger charge is -2.40. The molecular weight excluding hydrogens is 254 g/mol. The van der Waals surface area contributed by atoms with Gasteiger partial charge in [-0.15, -0.1) is 0 Å². The highest BCUT2D eigenvalue weighted by Crippen LogP contribution is 2.43. The molecule has 0 heterocycles. The molecule has 114 valence electrons. The number of carbonyl (C=O) groups is 2. The number of aliphatic carboxylic acids is 1. The van der Waals surface area contributed by atoms with Crippen LogP contribution in [0.25, 0.3) is 0 Å². The van der Waals surface area contributed by atoms with Gasteiger partial charge in [0.25, 0.3) is 0 Å². The summed E-state index contributed by atoms with van der Waals surface area (Å²) in [4.78, 5) is 25.0. The number of nitrogens with zero attached hydrogens (tertiary/aromatic N) is 1. The summed E-state index contributed by atoms with van der Waals surface area (Å²) in [5.41, 5.74) is 0. The van der Waals surface area contributed by atoms with Crippen LogP contribution in [-0.4, -0.2) is 35.0 Å². The van der Waals surface area contributed by atoms with Gasteiger partial charge < -0.3 is 10.0 Å². The van der Waals surface area contributed by atoms with Gasteiger partial charge in [0.2, 0.25) is 5.91 Å². The van der Waals surface area contributed by atoms with Crippen molar-refractivity contribution in [1.29, 1.82) is 0 Å². The predicted molar refractivity (Wildman–Crippen MR) is 77.3 cm³/mol. The first-order valence-corrected chi connectivity index (χ1v) is 8.12. The minimum absolute atomic E-state index is 0.0697. The topological polar surface area (TPSA) is 57.6 Å². The van der Waals surface area contributed by atoms with Crippen LogP contribution in [-0.2, 0) is 9.59 Å². The highest BCUT2D eigenvalue weighted by molar-refractivity contribution is 5.83. The zero-order chi connectivity index (χ0) is 14.5. The van der Waals surface area contributed by atoms with Crippen molar-refractivity contribution in [2.45, 2.75) is 58.3 Å². The molecule has 3 unspecified atom stereocenters. The number of amides is 1. The van der Waals surface area contributed by atoms with Crippen LogP contribution in [0.2, 0.25) is 0 Å². The summed E-state index contributed by atoms with van der Waals surface area (Å²) >= 11 is 0. The Hall–Kier alpha value is -1.06. The van der Waals surface area contributed by atoms with Crippen molar-refractivity contribution in [1.82, 2.24) is 4.90 Å². The highest BCUT2D eigenvalue weighted by Gasteiger charge is 2.36. The van der Waals surface area contributed by atoms with E-state index in [1.54, 1.807) is 4.90 Å². The van der Waals surface area contributed by atoms with Gasteiger partial charge in [0, 0.05) is 12.5 Å². The van der Waals surface area contributed by atoms with Gasteiger partial charge in [-0.25, -0.2) is 0 Å². The second kappa shape index (κ2) is 7.09. The lowest BCUT2D eigenvalue weighted by atomic mass is 9.67. The van der Waals surface area contributed by atoms with Crippen molar-refractivity contribution >= 4 is 11.9 Å². The van der Waals surface area contributed by atoms with E-state index in [1.165, 1.54) is 25.7 Å². The van der Waals surface area contributed by atoms with Crippen molar-refractivity contribution in [3.63, 3.8) is 0 Å². The number of hydrogen-bond acceptors (Lipinski definition) is 2. The van der Waals surface area contributed by atoms with E-state index in [1.807, 2.05) is 6.92 Å². The van der Waals surface area contributed by atoms with E-state index < -0.39 is 5.97 Å². The molecule has 1 N–H and O–H groups in total. The maximum atomic E-state index is 12.6. The molecule has 0 saturated heterocycles. The van der Waals surface area contributed by atoms with E-state index in [4.69, 9.17) is 5.11 Å². The van der Waals surface area contributed by atoms with Gasteiger partial charge in [0.05, 0.1) is 0 Å². The summed E-state index contributed by atoms with van der Waals surface area (Å²) < 4.78 is 0. The number of carboxylic acid groups (broad SMARTS) is 1. The van der Waals surface area contributed by atoms with Gasteiger partial charge in [-0.1, -0.05) is 32.6 Å². The zero-order valence-corrected chi connectivity index (χ0v) is 12.5. The Kier molecular flexibility index (Phi) is 5.44. The van der Waals surface area contributed by atoms with Gasteiger partial charge >= 0.3 is 5.97 Å². The van der Waals surface area contributed by atoms with Gasteiger partial charge in [0.1, 0.15) is 6.54 Å². The fourth-order valence-corrected chi connectivity index (χ4v) is 4.06. The Balaban J connectivity index is 1.94. The molecule has 4 heteroatoms. The normalized spacial score (nSPS) is 29.6. The Morgan fingerprint density at radius 3 is 2.45 bits per heavy atom. The van der Waals surface area contributed by atoms with Crippen molar-refractivity contribution in [2.24, 2.45) is 17.8 Å². The van der Waals surface area contributed by atoms with E-state index in [9.17, 15) is 9.59 Å². The molecule has 2 rings (SSSR count). The van der Waals surface area contributed by atoms with Crippen LogP contribution in [0, 0.1) is 17.8 Å². The van der Waals surface area contributed by atoms with E-state index in [-0.39, 0.29) is 18.4 Å². The van der Waals surface area contributed by atoms with Gasteiger partial charge in [-0.3, -0.25) is 9.59 Å². The van der Waals surface area contributed by atoms with Gasteiger partial charge in [0.15, 0.2) is 0 Å². The quantitative estimate of drug-likeness (QED) is 0.843. The third kappa shape index (κ3) is 3.74. The highest BCUT2D eigenvalue weighted by atomic mass is 16.4. The molecule has 0 bridgehead atoms. The number of fused-ring (bicyclic) bond motifs is 1. The molecule has 20 heavy (non-hydrogen) atoms. The van der Waals surface area contributed by atoms with E-state index >= 15 is 0 Å². The third-order valence-electron chi connectivity index (χ3n) is 5.02. The van der Waals surface area contributed by atoms with Crippen LogP contribution in [0.5, 0.6) is 0 Å². The Labute approximate surface area is 121 Å². The van der Waals surface area contributed by atoms with Crippen molar-refractivity contribution < 1.29 is 14.7 Å². The summed E-state index contributed by atoms with van der Waals surface area (Å²) in [7, 11) is 0. The molecule has 0 aromatic rings. The van der Waals surface area contributed by atoms with Crippen molar-refractivity contribution in [2.75, 3.05) is 13.1 Å². The van der Waals surface area contributed by atoms with Crippen LogP contribution >= 0.6 is 0 Å². The molecule has 4 nitrogen and oxygen atoms in total. The minimum Gasteiger partial charge on any atom is -0.480 e. The van der Waals surface area contributed by atoms with Crippen LogP contribution in [0.15, 0.2) is 0 Å². The summed E-state index contributed by atoms with van der Waals surface area (Å²) in [6.45, 7) is 2.41. The van der Waals surface area contributed by atoms with E-state index in [0.717, 1.165) is 31.6 Å². The first-order chi connectivity index (χ1) is 9.61. The van der Waals surface area contributed by atoms with Crippen LogP contribution in [0.4, 0.5) is 0 Å². The fourth-order valence-electron chi connectivity index (χ4n) is 4.06.